The van der Waals surface area contributed by atoms with Crippen molar-refractivity contribution in [2.75, 3.05) is 6.54 Å². The van der Waals surface area contributed by atoms with Crippen molar-refractivity contribution >= 4 is 11.8 Å². The number of rotatable bonds is 4. The fourth-order valence-electron chi connectivity index (χ4n) is 5.29. The number of piperidine rings is 1. The number of hydrogen-bond acceptors (Lipinski definition) is 2. The third kappa shape index (κ3) is 5.01. The maximum absolute atomic E-state index is 13.0. The summed E-state index contributed by atoms with van der Waals surface area (Å²) in [5.74, 6) is 0.918. The van der Waals surface area contributed by atoms with Gasteiger partial charge in [0.25, 0.3) is 0 Å². The Bertz CT molecular complexity index is 463. The molecule has 4 nitrogen and oxygen atoms in total. The molecule has 3 aliphatic rings. The molecule has 148 valence electrons. The van der Waals surface area contributed by atoms with E-state index >= 15 is 0 Å². The zero-order chi connectivity index (χ0) is 18.4. The number of amides is 2. The predicted octanol–water partition coefficient (Wildman–Crippen LogP) is 4.42. The van der Waals surface area contributed by atoms with E-state index in [1.807, 2.05) is 0 Å². The Labute approximate surface area is 159 Å². The Hall–Kier alpha value is -1.06. The van der Waals surface area contributed by atoms with Crippen LogP contribution in [0.5, 0.6) is 0 Å². The Kier molecular flexibility index (Phi) is 7.39. The minimum absolute atomic E-state index is 0.130. The fourth-order valence-corrected chi connectivity index (χ4v) is 5.29. The fraction of sp³-hybridized carbons (Fsp3) is 0.909. The molecular weight excluding hydrogens is 324 g/mol. The van der Waals surface area contributed by atoms with Crippen LogP contribution < -0.4 is 5.32 Å². The predicted molar refractivity (Wildman–Crippen MR) is 105 cm³/mol. The summed E-state index contributed by atoms with van der Waals surface area (Å²) in [6.07, 6.45) is 15.6. The molecule has 3 fully saturated rings. The summed E-state index contributed by atoms with van der Waals surface area (Å²) >= 11 is 0. The van der Waals surface area contributed by atoms with Gasteiger partial charge in [0.15, 0.2) is 0 Å². The Morgan fingerprint density at radius 2 is 1.42 bits per heavy atom. The van der Waals surface area contributed by atoms with Crippen LogP contribution in [-0.4, -0.2) is 35.3 Å². The summed E-state index contributed by atoms with van der Waals surface area (Å²) in [5, 5.41) is 3.32. The summed E-state index contributed by atoms with van der Waals surface area (Å²) < 4.78 is 0. The molecule has 2 amide bonds. The van der Waals surface area contributed by atoms with Crippen LogP contribution in [0, 0.1) is 11.8 Å². The van der Waals surface area contributed by atoms with E-state index in [9.17, 15) is 9.59 Å². The number of nitrogens with zero attached hydrogens (tertiary/aromatic N) is 1. The van der Waals surface area contributed by atoms with Gasteiger partial charge in [-0.05, 0) is 64.2 Å². The molecule has 0 radical (unpaired) electrons. The molecule has 0 bridgehead atoms. The standard InChI is InChI=1S/C22H38N2O2/c1-2-20-11-7-8-16-24(20)22(26)18-14-12-17(13-15-18)21(25)23-19-9-5-3-4-6-10-19/h17-20H,2-16H2,1H3,(H,23,25). The van der Waals surface area contributed by atoms with Crippen molar-refractivity contribution in [1.29, 1.82) is 0 Å². The smallest absolute Gasteiger partial charge is 0.225 e. The Morgan fingerprint density at radius 3 is 2.08 bits per heavy atom. The molecular formula is C22H38N2O2. The van der Waals surface area contributed by atoms with Crippen molar-refractivity contribution in [3.63, 3.8) is 0 Å². The van der Waals surface area contributed by atoms with E-state index in [0.29, 0.717) is 18.0 Å². The second-order valence-electron chi connectivity index (χ2n) is 8.84. The first kappa shape index (κ1) is 19.7. The van der Waals surface area contributed by atoms with Gasteiger partial charge in [-0.15, -0.1) is 0 Å². The lowest BCUT2D eigenvalue weighted by Gasteiger charge is -2.39. The molecule has 3 rings (SSSR count). The summed E-state index contributed by atoms with van der Waals surface area (Å²) in [6, 6.07) is 0.843. The second-order valence-corrected chi connectivity index (χ2v) is 8.84. The second kappa shape index (κ2) is 9.75. The van der Waals surface area contributed by atoms with E-state index in [4.69, 9.17) is 0 Å². The van der Waals surface area contributed by atoms with Gasteiger partial charge >= 0.3 is 0 Å². The molecule has 0 aromatic carbocycles. The molecule has 1 saturated heterocycles. The molecule has 2 aliphatic carbocycles. The van der Waals surface area contributed by atoms with Crippen LogP contribution in [0.2, 0.25) is 0 Å². The van der Waals surface area contributed by atoms with Crippen LogP contribution in [0.1, 0.15) is 96.8 Å². The molecule has 1 atom stereocenters. The van der Waals surface area contributed by atoms with Crippen molar-refractivity contribution in [3.05, 3.63) is 0 Å². The summed E-state index contributed by atoms with van der Waals surface area (Å²) in [6.45, 7) is 3.14. The summed E-state index contributed by atoms with van der Waals surface area (Å²) in [7, 11) is 0. The molecule has 2 saturated carbocycles. The average Bonchev–Trinajstić information content (AvgIpc) is 2.96. The average molecular weight is 363 g/mol. The monoisotopic (exact) mass is 362 g/mol. The Morgan fingerprint density at radius 1 is 0.808 bits per heavy atom. The minimum Gasteiger partial charge on any atom is -0.353 e. The third-order valence-electron chi connectivity index (χ3n) is 7.03. The maximum Gasteiger partial charge on any atom is 0.225 e. The Balaban J connectivity index is 1.45. The highest BCUT2D eigenvalue weighted by atomic mass is 16.2. The van der Waals surface area contributed by atoms with Crippen LogP contribution in [0.15, 0.2) is 0 Å². The van der Waals surface area contributed by atoms with Gasteiger partial charge in [0.05, 0.1) is 0 Å². The highest BCUT2D eigenvalue weighted by molar-refractivity contribution is 5.81. The number of nitrogens with one attached hydrogen (secondary N) is 1. The van der Waals surface area contributed by atoms with E-state index in [1.165, 1.54) is 38.5 Å². The lowest BCUT2D eigenvalue weighted by molar-refractivity contribution is -0.142. The molecule has 1 aliphatic heterocycles. The van der Waals surface area contributed by atoms with E-state index in [1.54, 1.807) is 0 Å². The molecule has 0 aromatic rings. The largest absolute Gasteiger partial charge is 0.353 e. The molecule has 0 aromatic heterocycles. The van der Waals surface area contributed by atoms with E-state index < -0.39 is 0 Å². The number of carbonyl (C=O) groups is 2. The van der Waals surface area contributed by atoms with Gasteiger partial charge in [-0.3, -0.25) is 9.59 Å². The SMILES string of the molecule is CCC1CCCCN1C(=O)C1CCC(C(=O)NC2CCCCCC2)CC1. The van der Waals surface area contributed by atoms with Crippen LogP contribution in [-0.2, 0) is 9.59 Å². The lowest BCUT2D eigenvalue weighted by atomic mass is 9.80. The van der Waals surface area contributed by atoms with Crippen LogP contribution >= 0.6 is 0 Å². The van der Waals surface area contributed by atoms with Crippen LogP contribution in [0.4, 0.5) is 0 Å². The number of hydrogen-bond donors (Lipinski definition) is 1. The van der Waals surface area contributed by atoms with Crippen LogP contribution in [0.3, 0.4) is 0 Å². The van der Waals surface area contributed by atoms with Gasteiger partial charge in [0.1, 0.15) is 0 Å². The summed E-state index contributed by atoms with van der Waals surface area (Å²) in [5.41, 5.74) is 0. The van der Waals surface area contributed by atoms with Gasteiger partial charge in [0, 0.05) is 30.5 Å². The van der Waals surface area contributed by atoms with Crippen LogP contribution in [0.25, 0.3) is 0 Å². The highest BCUT2D eigenvalue weighted by Gasteiger charge is 2.35. The van der Waals surface area contributed by atoms with Gasteiger partial charge in [-0.25, -0.2) is 0 Å². The van der Waals surface area contributed by atoms with Crippen molar-refractivity contribution in [2.24, 2.45) is 11.8 Å². The van der Waals surface area contributed by atoms with Crippen molar-refractivity contribution in [2.45, 2.75) is 109 Å². The maximum atomic E-state index is 13.0. The topological polar surface area (TPSA) is 49.4 Å². The zero-order valence-corrected chi connectivity index (χ0v) is 16.7. The van der Waals surface area contributed by atoms with Gasteiger partial charge in [0.2, 0.25) is 11.8 Å². The number of likely N-dealkylation sites (tertiary alicyclic amines) is 1. The highest BCUT2D eigenvalue weighted by Crippen LogP contribution is 2.32. The molecule has 4 heteroatoms. The zero-order valence-electron chi connectivity index (χ0n) is 16.7. The first-order chi connectivity index (χ1) is 12.7. The normalized spacial score (nSPS) is 31.3. The first-order valence-electron chi connectivity index (χ1n) is 11.3. The molecule has 1 N–H and O–H groups in total. The molecule has 1 heterocycles. The molecule has 26 heavy (non-hydrogen) atoms. The quantitative estimate of drug-likeness (QED) is 0.753. The first-order valence-corrected chi connectivity index (χ1v) is 11.3. The van der Waals surface area contributed by atoms with Crippen molar-refractivity contribution < 1.29 is 9.59 Å². The van der Waals surface area contributed by atoms with Gasteiger partial charge in [-0.1, -0.05) is 32.6 Å². The van der Waals surface area contributed by atoms with E-state index in [2.05, 4.69) is 17.1 Å². The van der Waals surface area contributed by atoms with E-state index in [0.717, 1.165) is 57.9 Å². The van der Waals surface area contributed by atoms with Gasteiger partial charge < -0.3 is 10.2 Å². The molecule has 1 unspecified atom stereocenters. The van der Waals surface area contributed by atoms with E-state index in [-0.39, 0.29) is 17.7 Å². The molecule has 0 spiro atoms. The minimum atomic E-state index is 0.130. The van der Waals surface area contributed by atoms with Gasteiger partial charge in [-0.2, -0.15) is 0 Å². The van der Waals surface area contributed by atoms with Crippen molar-refractivity contribution in [3.8, 4) is 0 Å². The number of carbonyl (C=O) groups excluding carboxylic acids is 2. The summed E-state index contributed by atoms with van der Waals surface area (Å²) in [4.78, 5) is 27.8. The third-order valence-corrected chi connectivity index (χ3v) is 7.03. The van der Waals surface area contributed by atoms with Crippen molar-refractivity contribution in [1.82, 2.24) is 10.2 Å². The lowest BCUT2D eigenvalue weighted by Crippen LogP contribution is -2.47.